The van der Waals surface area contributed by atoms with Crippen molar-refractivity contribution in [2.45, 2.75) is 0 Å². The normalized spacial score (nSPS) is 12.1. The molecule has 0 fully saturated rings. The number of hydrogen-bond donors (Lipinski definition) is 0. The third kappa shape index (κ3) is 4.99. The third-order valence-corrected chi connectivity index (χ3v) is 13.4. The molecule has 64 heavy (non-hydrogen) atoms. The van der Waals surface area contributed by atoms with Gasteiger partial charge in [0.2, 0.25) is 0 Å². The standard InChI is InChI=1S/C60H36N2O2/c1-7-25-51(61-53-27-9-3-17-43(53)49-35-37(31-33-55(49)61)39-21-13-23-47-45-19-5-11-29-57(45)63-59(39)47)41(15-1)42-16-2-8-26-52(42)62-54-28-10-4-18-44(54)50-36-38(32-34-56(50)62)40-22-14-24-48-46-20-6-12-30-58(46)64-60(40)48/h1-36H. The summed E-state index contributed by atoms with van der Waals surface area (Å²) in [5.74, 6) is 0. The van der Waals surface area contributed by atoms with Crippen LogP contribution in [0.4, 0.5) is 0 Å². The van der Waals surface area contributed by atoms with Crippen LogP contribution in [0.15, 0.2) is 227 Å². The number of furan rings is 2. The van der Waals surface area contributed by atoms with Crippen LogP contribution in [0.3, 0.4) is 0 Å². The molecule has 298 valence electrons. The van der Waals surface area contributed by atoms with Crippen LogP contribution < -0.4 is 0 Å². The summed E-state index contributed by atoms with van der Waals surface area (Å²) in [4.78, 5) is 0. The molecular weight excluding hydrogens is 781 g/mol. The van der Waals surface area contributed by atoms with Crippen molar-refractivity contribution in [3.8, 4) is 44.8 Å². The summed E-state index contributed by atoms with van der Waals surface area (Å²) in [5, 5.41) is 9.33. The summed E-state index contributed by atoms with van der Waals surface area (Å²) in [5.41, 5.74) is 17.2. The maximum Gasteiger partial charge on any atom is 0.143 e. The maximum atomic E-state index is 6.51. The second-order valence-electron chi connectivity index (χ2n) is 16.8. The molecule has 0 aliphatic rings. The monoisotopic (exact) mass is 816 g/mol. The van der Waals surface area contributed by atoms with E-state index in [4.69, 9.17) is 8.83 Å². The van der Waals surface area contributed by atoms with Gasteiger partial charge in [-0.15, -0.1) is 0 Å². The lowest BCUT2D eigenvalue weighted by Gasteiger charge is -2.18. The van der Waals surface area contributed by atoms with Crippen LogP contribution in [0.5, 0.6) is 0 Å². The Labute approximate surface area is 367 Å². The lowest BCUT2D eigenvalue weighted by molar-refractivity contribution is 0.669. The molecule has 0 amide bonds. The van der Waals surface area contributed by atoms with Gasteiger partial charge >= 0.3 is 0 Å². The smallest absolute Gasteiger partial charge is 0.143 e. The molecule has 4 heteroatoms. The SMILES string of the molecule is c1ccc(-n2c3ccccc3c3cc(-c4cccc5c4oc4ccccc45)ccc32)c(-c2ccccc2-n2c3ccccc3c3cc(-c4cccc5c4oc4ccccc45)ccc32)c1. The van der Waals surface area contributed by atoms with E-state index < -0.39 is 0 Å². The number of rotatable bonds is 5. The number of para-hydroxylation sites is 8. The Morgan fingerprint density at radius 3 is 1.09 bits per heavy atom. The molecule has 14 aromatic rings. The van der Waals surface area contributed by atoms with Gasteiger partial charge in [0.05, 0.1) is 33.4 Å². The van der Waals surface area contributed by atoms with Crippen molar-refractivity contribution in [2.24, 2.45) is 0 Å². The molecule has 0 radical (unpaired) electrons. The average Bonchev–Trinajstić information content (AvgIpc) is 4.11. The van der Waals surface area contributed by atoms with Gasteiger partial charge in [-0.3, -0.25) is 0 Å². The van der Waals surface area contributed by atoms with Crippen molar-refractivity contribution in [2.75, 3.05) is 0 Å². The van der Waals surface area contributed by atoms with Gasteiger partial charge in [0, 0.05) is 65.3 Å². The Balaban J connectivity index is 0.952. The van der Waals surface area contributed by atoms with Crippen LogP contribution in [0.25, 0.3) is 132 Å². The van der Waals surface area contributed by atoms with Crippen molar-refractivity contribution >= 4 is 87.5 Å². The predicted molar refractivity (Wildman–Crippen MR) is 266 cm³/mol. The van der Waals surface area contributed by atoms with E-state index in [1.54, 1.807) is 0 Å². The van der Waals surface area contributed by atoms with Crippen LogP contribution >= 0.6 is 0 Å². The van der Waals surface area contributed by atoms with Crippen molar-refractivity contribution in [1.82, 2.24) is 9.13 Å². The number of nitrogens with zero attached hydrogens (tertiary/aromatic N) is 2. The summed E-state index contributed by atoms with van der Waals surface area (Å²) in [6, 6.07) is 78.5. The summed E-state index contributed by atoms with van der Waals surface area (Å²) < 4.78 is 17.9. The first kappa shape index (κ1) is 35.0. The quantitative estimate of drug-likeness (QED) is 0.173. The molecular formula is C60H36N2O2. The first-order valence-electron chi connectivity index (χ1n) is 21.8. The average molecular weight is 817 g/mol. The zero-order valence-corrected chi connectivity index (χ0v) is 34.5. The minimum absolute atomic E-state index is 0.905. The highest BCUT2D eigenvalue weighted by Crippen LogP contribution is 2.44. The van der Waals surface area contributed by atoms with Crippen molar-refractivity contribution < 1.29 is 8.83 Å². The molecule has 4 heterocycles. The first-order valence-corrected chi connectivity index (χ1v) is 21.8. The third-order valence-electron chi connectivity index (χ3n) is 13.4. The van der Waals surface area contributed by atoms with Gasteiger partial charge in [-0.2, -0.15) is 0 Å². The molecule has 0 aliphatic carbocycles. The second kappa shape index (κ2) is 13.4. The minimum atomic E-state index is 0.905. The largest absolute Gasteiger partial charge is 0.455 e. The highest BCUT2D eigenvalue weighted by atomic mass is 16.3. The van der Waals surface area contributed by atoms with Gasteiger partial charge in [-0.05, 0) is 71.8 Å². The Bertz CT molecular complexity index is 3940. The van der Waals surface area contributed by atoms with Crippen LogP contribution in [0, 0.1) is 0 Å². The first-order chi connectivity index (χ1) is 31.8. The Kier molecular flexibility index (Phi) is 7.36. The van der Waals surface area contributed by atoms with Crippen molar-refractivity contribution in [1.29, 1.82) is 0 Å². The number of hydrogen-bond acceptors (Lipinski definition) is 2. The van der Waals surface area contributed by atoms with E-state index in [2.05, 4.69) is 203 Å². The van der Waals surface area contributed by atoms with Gasteiger partial charge in [0.1, 0.15) is 22.3 Å². The molecule has 10 aromatic carbocycles. The maximum absolute atomic E-state index is 6.51. The molecule has 0 N–H and O–H groups in total. The van der Waals surface area contributed by atoms with Crippen LogP contribution in [-0.2, 0) is 0 Å². The van der Waals surface area contributed by atoms with E-state index in [9.17, 15) is 0 Å². The van der Waals surface area contributed by atoms with E-state index >= 15 is 0 Å². The molecule has 14 rings (SSSR count). The summed E-state index contributed by atoms with van der Waals surface area (Å²) >= 11 is 0. The fourth-order valence-electron chi connectivity index (χ4n) is 10.5. The summed E-state index contributed by atoms with van der Waals surface area (Å²) in [6.45, 7) is 0. The highest BCUT2D eigenvalue weighted by Gasteiger charge is 2.22. The van der Waals surface area contributed by atoms with Gasteiger partial charge in [-0.1, -0.05) is 158 Å². The van der Waals surface area contributed by atoms with Crippen LogP contribution in [-0.4, -0.2) is 9.13 Å². The van der Waals surface area contributed by atoms with Crippen LogP contribution in [0.1, 0.15) is 0 Å². The fraction of sp³-hybridized carbons (Fsp3) is 0. The van der Waals surface area contributed by atoms with Gasteiger partial charge < -0.3 is 18.0 Å². The Hall–Kier alpha value is -8.60. The zero-order valence-electron chi connectivity index (χ0n) is 34.5. The van der Waals surface area contributed by atoms with Gasteiger partial charge in [0.15, 0.2) is 0 Å². The molecule has 0 atom stereocenters. The van der Waals surface area contributed by atoms with E-state index in [1.807, 2.05) is 24.3 Å². The lowest BCUT2D eigenvalue weighted by atomic mass is 9.99. The molecule has 0 unspecified atom stereocenters. The molecule has 4 aromatic heterocycles. The van der Waals surface area contributed by atoms with Crippen molar-refractivity contribution in [3.63, 3.8) is 0 Å². The number of aromatic nitrogens is 2. The van der Waals surface area contributed by atoms with E-state index in [0.717, 1.165) is 111 Å². The lowest BCUT2D eigenvalue weighted by Crippen LogP contribution is -2.01. The second-order valence-corrected chi connectivity index (χ2v) is 16.8. The molecule has 0 bridgehead atoms. The zero-order chi connectivity index (χ0) is 41.9. The Morgan fingerprint density at radius 2 is 0.609 bits per heavy atom. The Morgan fingerprint density at radius 1 is 0.250 bits per heavy atom. The summed E-state index contributed by atoms with van der Waals surface area (Å²) in [7, 11) is 0. The highest BCUT2D eigenvalue weighted by molar-refractivity contribution is 6.15. The van der Waals surface area contributed by atoms with Gasteiger partial charge in [0.25, 0.3) is 0 Å². The van der Waals surface area contributed by atoms with Gasteiger partial charge in [-0.25, -0.2) is 0 Å². The fourth-order valence-corrected chi connectivity index (χ4v) is 10.5. The number of benzene rings is 10. The molecule has 0 saturated carbocycles. The predicted octanol–water partition coefficient (Wildman–Crippen LogP) is 16.7. The topological polar surface area (TPSA) is 36.1 Å². The van der Waals surface area contributed by atoms with E-state index in [0.29, 0.717) is 0 Å². The molecule has 4 nitrogen and oxygen atoms in total. The number of fused-ring (bicyclic) bond motifs is 12. The van der Waals surface area contributed by atoms with Crippen molar-refractivity contribution in [3.05, 3.63) is 218 Å². The molecule has 0 spiro atoms. The van der Waals surface area contributed by atoms with Crippen LogP contribution in [0.2, 0.25) is 0 Å². The van der Waals surface area contributed by atoms with E-state index in [-0.39, 0.29) is 0 Å². The summed E-state index contributed by atoms with van der Waals surface area (Å²) in [6.07, 6.45) is 0. The van der Waals surface area contributed by atoms with E-state index in [1.165, 1.54) is 21.5 Å². The molecule has 0 saturated heterocycles. The molecule has 0 aliphatic heterocycles. The minimum Gasteiger partial charge on any atom is -0.455 e.